The Morgan fingerprint density at radius 2 is 1.76 bits per heavy atom. The SMILES string of the molecule is O=C(Nc1ccc2c3c1C1C=CCC1CN3CC1CC=CC21)c1cccc(Br)c1. The van der Waals surface area contributed by atoms with E-state index in [1.165, 1.54) is 23.2 Å². The van der Waals surface area contributed by atoms with Crippen molar-refractivity contribution in [3.05, 3.63) is 81.9 Å². The molecule has 1 N–H and O–H groups in total. The van der Waals surface area contributed by atoms with Crippen LogP contribution in [0.15, 0.2) is 65.2 Å². The molecule has 1 amide bonds. The van der Waals surface area contributed by atoms with Crippen LogP contribution >= 0.6 is 15.9 Å². The molecule has 0 aromatic heterocycles. The van der Waals surface area contributed by atoms with Crippen molar-refractivity contribution in [2.45, 2.75) is 24.7 Å². The summed E-state index contributed by atoms with van der Waals surface area (Å²) >= 11 is 3.47. The highest BCUT2D eigenvalue weighted by atomic mass is 79.9. The van der Waals surface area contributed by atoms with Gasteiger partial charge in [0, 0.05) is 51.9 Å². The fraction of sp³-hybridized carbons (Fsp3) is 0.320. The molecular formula is C25H23BrN2O. The van der Waals surface area contributed by atoms with Crippen LogP contribution in [-0.4, -0.2) is 19.0 Å². The van der Waals surface area contributed by atoms with Gasteiger partial charge >= 0.3 is 0 Å². The lowest BCUT2D eigenvalue weighted by molar-refractivity contribution is 0.102. The first-order valence-corrected chi connectivity index (χ1v) is 11.3. The van der Waals surface area contributed by atoms with Gasteiger partial charge in [-0.2, -0.15) is 0 Å². The minimum atomic E-state index is -0.0485. The van der Waals surface area contributed by atoms with Gasteiger partial charge in [0.25, 0.3) is 5.91 Å². The van der Waals surface area contributed by atoms with Crippen molar-refractivity contribution < 1.29 is 4.79 Å². The van der Waals surface area contributed by atoms with E-state index in [0.717, 1.165) is 29.7 Å². The van der Waals surface area contributed by atoms with Crippen molar-refractivity contribution in [3.63, 3.8) is 0 Å². The van der Waals surface area contributed by atoms with Crippen molar-refractivity contribution in [2.75, 3.05) is 23.3 Å². The number of nitrogens with zero attached hydrogens (tertiary/aromatic N) is 1. The minimum Gasteiger partial charge on any atom is -0.370 e. The quantitative estimate of drug-likeness (QED) is 0.586. The van der Waals surface area contributed by atoms with Crippen LogP contribution in [0.2, 0.25) is 0 Å². The van der Waals surface area contributed by atoms with E-state index in [1.54, 1.807) is 0 Å². The molecule has 6 rings (SSSR count). The second-order valence-electron chi connectivity index (χ2n) is 8.73. The Labute approximate surface area is 179 Å². The number of benzene rings is 2. The molecule has 4 unspecified atom stereocenters. The van der Waals surface area contributed by atoms with Crippen molar-refractivity contribution in [1.29, 1.82) is 0 Å². The lowest BCUT2D eigenvalue weighted by Crippen LogP contribution is -2.44. The second kappa shape index (κ2) is 6.60. The summed E-state index contributed by atoms with van der Waals surface area (Å²) in [6, 6.07) is 12.0. The highest BCUT2D eigenvalue weighted by Gasteiger charge is 2.43. The van der Waals surface area contributed by atoms with Gasteiger partial charge in [-0.05, 0) is 54.5 Å². The molecule has 4 aliphatic rings. The fourth-order valence-corrected chi connectivity index (χ4v) is 6.21. The smallest absolute Gasteiger partial charge is 0.255 e. The number of anilines is 2. The Morgan fingerprint density at radius 1 is 1.00 bits per heavy atom. The van der Waals surface area contributed by atoms with E-state index >= 15 is 0 Å². The molecule has 4 heteroatoms. The number of allylic oxidation sites excluding steroid dienone is 4. The van der Waals surface area contributed by atoms with Crippen LogP contribution in [0.5, 0.6) is 0 Å². The van der Waals surface area contributed by atoms with E-state index < -0.39 is 0 Å². The van der Waals surface area contributed by atoms with E-state index in [-0.39, 0.29) is 5.91 Å². The normalized spacial score (nSPS) is 28.1. The molecule has 0 bridgehead atoms. The van der Waals surface area contributed by atoms with Gasteiger partial charge in [0.15, 0.2) is 0 Å². The highest BCUT2D eigenvalue weighted by Crippen LogP contribution is 2.54. The van der Waals surface area contributed by atoms with Gasteiger partial charge in [0.1, 0.15) is 0 Å². The number of nitrogens with one attached hydrogen (secondary N) is 1. The largest absolute Gasteiger partial charge is 0.370 e. The van der Waals surface area contributed by atoms with Gasteiger partial charge in [-0.25, -0.2) is 0 Å². The predicted octanol–water partition coefficient (Wildman–Crippen LogP) is 5.85. The Kier molecular flexibility index (Phi) is 3.98. The number of fused-ring (bicyclic) bond motifs is 4. The summed E-state index contributed by atoms with van der Waals surface area (Å²) in [4.78, 5) is 15.6. The summed E-state index contributed by atoms with van der Waals surface area (Å²) in [5.74, 6) is 2.19. The van der Waals surface area contributed by atoms with E-state index in [4.69, 9.17) is 0 Å². The summed E-state index contributed by atoms with van der Waals surface area (Å²) < 4.78 is 0.918. The number of carbonyl (C=O) groups is 1. The zero-order valence-electron chi connectivity index (χ0n) is 16.1. The molecule has 2 aromatic carbocycles. The number of halogens is 1. The van der Waals surface area contributed by atoms with E-state index in [2.05, 4.69) is 62.6 Å². The number of hydrogen-bond acceptors (Lipinski definition) is 2. The summed E-state index contributed by atoms with van der Waals surface area (Å²) in [7, 11) is 0. The summed E-state index contributed by atoms with van der Waals surface area (Å²) in [6.45, 7) is 2.26. The molecule has 2 aliphatic heterocycles. The van der Waals surface area contributed by atoms with Gasteiger partial charge in [-0.3, -0.25) is 4.79 Å². The van der Waals surface area contributed by atoms with Gasteiger partial charge < -0.3 is 10.2 Å². The third kappa shape index (κ3) is 2.72. The predicted molar refractivity (Wildman–Crippen MR) is 121 cm³/mol. The van der Waals surface area contributed by atoms with Gasteiger partial charge in [0.05, 0.1) is 0 Å². The van der Waals surface area contributed by atoms with Gasteiger partial charge in [0.2, 0.25) is 0 Å². The average Bonchev–Trinajstić information content (AvgIpc) is 3.38. The van der Waals surface area contributed by atoms with E-state index in [0.29, 0.717) is 29.2 Å². The van der Waals surface area contributed by atoms with Crippen LogP contribution in [0.3, 0.4) is 0 Å². The third-order valence-electron chi connectivity index (χ3n) is 7.08. The molecule has 0 radical (unpaired) electrons. The number of rotatable bonds is 2. The van der Waals surface area contributed by atoms with Crippen LogP contribution in [0, 0.1) is 11.8 Å². The molecule has 0 spiro atoms. The molecule has 0 fully saturated rings. The first-order chi connectivity index (χ1) is 14.2. The Morgan fingerprint density at radius 3 is 2.55 bits per heavy atom. The van der Waals surface area contributed by atoms with Crippen molar-refractivity contribution >= 4 is 33.2 Å². The summed E-state index contributed by atoms with van der Waals surface area (Å²) in [6.07, 6.45) is 11.8. The van der Waals surface area contributed by atoms with Gasteiger partial charge in [-0.1, -0.05) is 52.4 Å². The lowest BCUT2D eigenvalue weighted by Gasteiger charge is -2.46. The standard InChI is InChI=1S/C25H23BrN2O/c26-18-7-1-4-15(12-18)25(29)27-22-11-10-21-19-8-2-5-16(19)13-28-14-17-6-3-9-20(17)23(22)24(21)28/h1-4,7-12,16-17,19-20H,5-6,13-14H2,(H,27,29). The molecular weight excluding hydrogens is 424 g/mol. The zero-order chi connectivity index (χ0) is 19.5. The molecule has 0 saturated carbocycles. The Balaban J connectivity index is 1.46. The molecule has 146 valence electrons. The van der Waals surface area contributed by atoms with Crippen molar-refractivity contribution in [1.82, 2.24) is 0 Å². The first-order valence-electron chi connectivity index (χ1n) is 10.5. The molecule has 3 nitrogen and oxygen atoms in total. The average molecular weight is 447 g/mol. The molecule has 29 heavy (non-hydrogen) atoms. The Hall–Kier alpha value is -2.33. The Bertz CT molecular complexity index is 1070. The summed E-state index contributed by atoms with van der Waals surface area (Å²) in [5.41, 5.74) is 5.81. The van der Waals surface area contributed by atoms with Crippen LogP contribution < -0.4 is 10.2 Å². The molecule has 4 atom stereocenters. The van der Waals surface area contributed by atoms with Crippen LogP contribution in [0.4, 0.5) is 11.4 Å². The highest BCUT2D eigenvalue weighted by molar-refractivity contribution is 9.10. The summed E-state index contributed by atoms with van der Waals surface area (Å²) in [5, 5.41) is 3.24. The first kappa shape index (κ1) is 17.5. The van der Waals surface area contributed by atoms with Crippen molar-refractivity contribution in [3.8, 4) is 0 Å². The third-order valence-corrected chi connectivity index (χ3v) is 7.58. The maximum absolute atomic E-state index is 13.0. The topological polar surface area (TPSA) is 32.3 Å². The second-order valence-corrected chi connectivity index (χ2v) is 9.65. The molecule has 2 aliphatic carbocycles. The van der Waals surface area contributed by atoms with Crippen LogP contribution in [0.25, 0.3) is 0 Å². The van der Waals surface area contributed by atoms with Crippen LogP contribution in [0.1, 0.15) is 46.2 Å². The lowest BCUT2D eigenvalue weighted by atomic mass is 9.74. The number of carbonyl (C=O) groups excluding carboxylic acids is 1. The number of hydrogen-bond donors (Lipinski definition) is 1. The van der Waals surface area contributed by atoms with Gasteiger partial charge in [-0.15, -0.1) is 0 Å². The zero-order valence-corrected chi connectivity index (χ0v) is 17.7. The van der Waals surface area contributed by atoms with Crippen molar-refractivity contribution in [2.24, 2.45) is 11.8 Å². The number of amides is 1. The monoisotopic (exact) mass is 446 g/mol. The fourth-order valence-electron chi connectivity index (χ4n) is 5.81. The van der Waals surface area contributed by atoms with E-state index in [9.17, 15) is 4.79 Å². The van der Waals surface area contributed by atoms with Crippen LogP contribution in [-0.2, 0) is 0 Å². The maximum atomic E-state index is 13.0. The molecule has 2 heterocycles. The minimum absolute atomic E-state index is 0.0485. The molecule has 0 saturated heterocycles. The van der Waals surface area contributed by atoms with E-state index in [1.807, 2.05) is 24.3 Å². The maximum Gasteiger partial charge on any atom is 0.255 e. The molecule has 2 aromatic rings.